The molecule has 0 amide bonds. The standard InChI is InChI=1S/C16H24BrN3/c1-11(2)15-4-3-7-20(15)16-12(8-13(17)10-19-16)9-18-14-5-6-14/h8,10-11,14-15,18H,3-7,9H2,1-2H3. The molecule has 1 aliphatic heterocycles. The predicted molar refractivity (Wildman–Crippen MR) is 87.0 cm³/mol. The summed E-state index contributed by atoms with van der Waals surface area (Å²) in [6, 6.07) is 3.61. The first-order chi connectivity index (χ1) is 9.65. The van der Waals surface area contributed by atoms with E-state index in [9.17, 15) is 0 Å². The van der Waals surface area contributed by atoms with E-state index in [-0.39, 0.29) is 0 Å². The van der Waals surface area contributed by atoms with E-state index < -0.39 is 0 Å². The van der Waals surface area contributed by atoms with Crippen LogP contribution in [-0.4, -0.2) is 23.6 Å². The summed E-state index contributed by atoms with van der Waals surface area (Å²) in [5.74, 6) is 1.88. The Morgan fingerprint density at radius 2 is 2.20 bits per heavy atom. The maximum atomic E-state index is 4.73. The first-order valence-corrected chi connectivity index (χ1v) is 8.59. The van der Waals surface area contributed by atoms with Gasteiger partial charge in [-0.15, -0.1) is 0 Å². The van der Waals surface area contributed by atoms with Crippen LogP contribution in [0.25, 0.3) is 0 Å². The van der Waals surface area contributed by atoms with Crippen LogP contribution in [0.2, 0.25) is 0 Å². The maximum absolute atomic E-state index is 4.73. The Labute approximate surface area is 130 Å². The van der Waals surface area contributed by atoms with Crippen LogP contribution >= 0.6 is 15.9 Å². The molecule has 3 nitrogen and oxygen atoms in total. The second-order valence-electron chi connectivity index (χ2n) is 6.44. The molecular formula is C16H24BrN3. The molecule has 110 valence electrons. The van der Waals surface area contributed by atoms with E-state index in [0.717, 1.165) is 23.6 Å². The third-order valence-electron chi connectivity index (χ3n) is 4.41. The zero-order chi connectivity index (χ0) is 14.1. The van der Waals surface area contributed by atoms with E-state index in [4.69, 9.17) is 4.98 Å². The van der Waals surface area contributed by atoms with Gasteiger partial charge in [-0.05, 0) is 53.6 Å². The van der Waals surface area contributed by atoms with Crippen LogP contribution in [0.5, 0.6) is 0 Å². The lowest BCUT2D eigenvalue weighted by Crippen LogP contribution is -2.35. The molecule has 20 heavy (non-hydrogen) atoms. The van der Waals surface area contributed by atoms with Crippen LogP contribution in [0.4, 0.5) is 5.82 Å². The highest BCUT2D eigenvalue weighted by molar-refractivity contribution is 9.10. The molecule has 0 radical (unpaired) electrons. The van der Waals surface area contributed by atoms with Crippen molar-refractivity contribution in [2.45, 2.75) is 58.2 Å². The van der Waals surface area contributed by atoms with Crippen molar-refractivity contribution in [2.24, 2.45) is 5.92 Å². The molecule has 2 aliphatic rings. The number of nitrogens with one attached hydrogen (secondary N) is 1. The van der Waals surface area contributed by atoms with Gasteiger partial charge in [0, 0.05) is 41.4 Å². The van der Waals surface area contributed by atoms with Gasteiger partial charge in [0.2, 0.25) is 0 Å². The fourth-order valence-electron chi connectivity index (χ4n) is 3.15. The second kappa shape index (κ2) is 6.02. The fourth-order valence-corrected chi connectivity index (χ4v) is 3.53. The third kappa shape index (κ3) is 3.17. The quantitative estimate of drug-likeness (QED) is 0.887. The van der Waals surface area contributed by atoms with Crippen LogP contribution in [0, 0.1) is 5.92 Å². The highest BCUT2D eigenvalue weighted by atomic mass is 79.9. The van der Waals surface area contributed by atoms with Gasteiger partial charge >= 0.3 is 0 Å². The number of anilines is 1. The zero-order valence-corrected chi connectivity index (χ0v) is 14.0. The first-order valence-electron chi connectivity index (χ1n) is 7.79. The van der Waals surface area contributed by atoms with Crippen molar-refractivity contribution < 1.29 is 0 Å². The molecule has 4 heteroatoms. The minimum atomic E-state index is 0.642. The van der Waals surface area contributed by atoms with Gasteiger partial charge in [0.25, 0.3) is 0 Å². The lowest BCUT2D eigenvalue weighted by Gasteiger charge is -2.30. The molecule has 0 spiro atoms. The van der Waals surface area contributed by atoms with Crippen molar-refractivity contribution in [3.8, 4) is 0 Å². The van der Waals surface area contributed by atoms with Gasteiger partial charge in [-0.3, -0.25) is 0 Å². The number of halogens is 1. The van der Waals surface area contributed by atoms with Crippen LogP contribution in [0.3, 0.4) is 0 Å². The SMILES string of the molecule is CC(C)C1CCCN1c1ncc(Br)cc1CNC1CC1. The van der Waals surface area contributed by atoms with Crippen molar-refractivity contribution in [3.05, 3.63) is 22.3 Å². The lowest BCUT2D eigenvalue weighted by atomic mass is 10.0. The van der Waals surface area contributed by atoms with E-state index in [0.29, 0.717) is 12.0 Å². The topological polar surface area (TPSA) is 28.2 Å². The number of nitrogens with zero attached hydrogens (tertiary/aromatic N) is 2. The van der Waals surface area contributed by atoms with Crippen molar-refractivity contribution in [1.29, 1.82) is 0 Å². The molecule has 0 bridgehead atoms. The van der Waals surface area contributed by atoms with Gasteiger partial charge in [-0.2, -0.15) is 0 Å². The smallest absolute Gasteiger partial charge is 0.133 e. The fraction of sp³-hybridized carbons (Fsp3) is 0.688. The number of hydrogen-bond donors (Lipinski definition) is 1. The molecule has 1 aliphatic carbocycles. The summed E-state index contributed by atoms with van der Waals surface area (Å²) in [4.78, 5) is 7.26. The summed E-state index contributed by atoms with van der Waals surface area (Å²) in [5, 5.41) is 3.62. The van der Waals surface area contributed by atoms with Crippen LogP contribution < -0.4 is 10.2 Å². The van der Waals surface area contributed by atoms with Crippen molar-refractivity contribution in [1.82, 2.24) is 10.3 Å². The summed E-state index contributed by atoms with van der Waals surface area (Å²) in [6.45, 7) is 6.73. The van der Waals surface area contributed by atoms with E-state index in [1.807, 2.05) is 6.20 Å². The Morgan fingerprint density at radius 1 is 1.40 bits per heavy atom. The second-order valence-corrected chi connectivity index (χ2v) is 7.35. The molecular weight excluding hydrogens is 314 g/mol. The average Bonchev–Trinajstić information content (AvgIpc) is 3.11. The molecule has 1 saturated carbocycles. The Morgan fingerprint density at radius 3 is 2.90 bits per heavy atom. The van der Waals surface area contributed by atoms with Crippen molar-refractivity contribution in [3.63, 3.8) is 0 Å². The summed E-state index contributed by atoms with van der Waals surface area (Å²) >= 11 is 3.56. The molecule has 1 aromatic heterocycles. The minimum Gasteiger partial charge on any atom is -0.353 e. The molecule has 3 rings (SSSR count). The summed E-state index contributed by atoms with van der Waals surface area (Å²) < 4.78 is 1.08. The maximum Gasteiger partial charge on any atom is 0.133 e. The Kier molecular flexibility index (Phi) is 4.32. The monoisotopic (exact) mass is 337 g/mol. The lowest BCUT2D eigenvalue weighted by molar-refractivity contribution is 0.488. The predicted octanol–water partition coefficient (Wildman–Crippen LogP) is 3.72. The Hall–Kier alpha value is -0.610. The van der Waals surface area contributed by atoms with Gasteiger partial charge in [0.05, 0.1) is 0 Å². The molecule has 1 aromatic rings. The van der Waals surface area contributed by atoms with Crippen LogP contribution in [0.15, 0.2) is 16.7 Å². The number of rotatable bonds is 5. The van der Waals surface area contributed by atoms with E-state index in [2.05, 4.69) is 46.1 Å². The van der Waals surface area contributed by atoms with Crippen molar-refractivity contribution in [2.75, 3.05) is 11.4 Å². The van der Waals surface area contributed by atoms with Crippen LogP contribution in [-0.2, 0) is 6.54 Å². The Balaban J connectivity index is 1.82. The number of hydrogen-bond acceptors (Lipinski definition) is 3. The van der Waals surface area contributed by atoms with Crippen molar-refractivity contribution >= 4 is 21.7 Å². The van der Waals surface area contributed by atoms with E-state index in [1.165, 1.54) is 37.1 Å². The van der Waals surface area contributed by atoms with Crippen LogP contribution in [0.1, 0.15) is 45.1 Å². The normalized spacial score (nSPS) is 22.8. The molecule has 1 N–H and O–H groups in total. The molecule has 1 unspecified atom stereocenters. The zero-order valence-electron chi connectivity index (χ0n) is 12.4. The first kappa shape index (κ1) is 14.3. The Bertz CT molecular complexity index is 471. The highest BCUT2D eigenvalue weighted by Gasteiger charge is 2.30. The van der Waals surface area contributed by atoms with Gasteiger partial charge < -0.3 is 10.2 Å². The minimum absolute atomic E-state index is 0.642. The highest BCUT2D eigenvalue weighted by Crippen LogP contribution is 2.32. The van der Waals surface area contributed by atoms with Gasteiger partial charge in [-0.1, -0.05) is 13.8 Å². The molecule has 1 saturated heterocycles. The summed E-state index contributed by atoms with van der Waals surface area (Å²) in [7, 11) is 0. The third-order valence-corrected chi connectivity index (χ3v) is 4.84. The molecule has 0 aromatic carbocycles. The summed E-state index contributed by atoms with van der Waals surface area (Å²) in [6.07, 6.45) is 7.18. The molecule has 1 atom stereocenters. The largest absolute Gasteiger partial charge is 0.353 e. The molecule has 2 heterocycles. The van der Waals surface area contributed by atoms with E-state index >= 15 is 0 Å². The van der Waals surface area contributed by atoms with Gasteiger partial charge in [-0.25, -0.2) is 4.98 Å². The van der Waals surface area contributed by atoms with Gasteiger partial charge in [0.15, 0.2) is 0 Å². The summed E-state index contributed by atoms with van der Waals surface area (Å²) in [5.41, 5.74) is 1.33. The number of pyridine rings is 1. The average molecular weight is 338 g/mol. The van der Waals surface area contributed by atoms with Gasteiger partial charge in [0.1, 0.15) is 5.82 Å². The number of aromatic nitrogens is 1. The van der Waals surface area contributed by atoms with E-state index in [1.54, 1.807) is 0 Å². The molecule has 2 fully saturated rings.